The van der Waals surface area contributed by atoms with Gasteiger partial charge in [-0.1, -0.05) is 6.92 Å². The van der Waals surface area contributed by atoms with Gasteiger partial charge in [0.25, 0.3) is 0 Å². The Hall–Kier alpha value is -1.16. The van der Waals surface area contributed by atoms with Gasteiger partial charge in [0, 0.05) is 12.4 Å². The molecule has 2 N–H and O–H groups in total. The van der Waals surface area contributed by atoms with Gasteiger partial charge in [-0.05, 0) is 44.1 Å². The van der Waals surface area contributed by atoms with E-state index in [1.165, 1.54) is 0 Å². The van der Waals surface area contributed by atoms with Crippen LogP contribution < -0.4 is 5.32 Å². The summed E-state index contributed by atoms with van der Waals surface area (Å²) in [6.07, 6.45) is 7.88. The predicted octanol–water partition coefficient (Wildman–Crippen LogP) is 2.14. The minimum absolute atomic E-state index is 0.150. The summed E-state index contributed by atoms with van der Waals surface area (Å²) in [5.74, 6) is 1.38. The van der Waals surface area contributed by atoms with Gasteiger partial charge in [-0.2, -0.15) is 0 Å². The second-order valence-corrected chi connectivity index (χ2v) is 5.33. The molecule has 0 radical (unpaired) electrons. The normalized spacial score (nSPS) is 29.0. The minimum atomic E-state index is -0.220. The first-order valence-electron chi connectivity index (χ1n) is 6.31. The number of nitrogens with zero attached hydrogens (tertiary/aromatic N) is 2. The van der Waals surface area contributed by atoms with E-state index in [0.717, 1.165) is 37.2 Å². The van der Waals surface area contributed by atoms with Gasteiger partial charge in [-0.15, -0.1) is 0 Å². The van der Waals surface area contributed by atoms with Crippen LogP contribution in [0.2, 0.25) is 0 Å². The highest BCUT2D eigenvalue weighted by Crippen LogP contribution is 2.33. The van der Waals surface area contributed by atoms with Crippen LogP contribution in [0.25, 0.3) is 0 Å². The maximum atomic E-state index is 9.63. The Morgan fingerprint density at radius 1 is 1.35 bits per heavy atom. The summed E-state index contributed by atoms with van der Waals surface area (Å²) in [5.41, 5.74) is 0.827. The predicted molar refractivity (Wildman–Crippen MR) is 67.8 cm³/mol. The van der Waals surface area contributed by atoms with Crippen LogP contribution in [0.1, 0.15) is 38.2 Å². The molecule has 0 saturated heterocycles. The molecule has 1 aromatic rings. The lowest BCUT2D eigenvalue weighted by molar-refractivity contribution is 0.154. The van der Waals surface area contributed by atoms with Crippen molar-refractivity contribution >= 4 is 5.95 Å². The molecule has 0 unspecified atom stereocenters. The van der Waals surface area contributed by atoms with E-state index in [1.807, 2.05) is 6.92 Å². The first kappa shape index (κ1) is 12.3. The van der Waals surface area contributed by atoms with Gasteiger partial charge in [0.05, 0.1) is 12.1 Å². The fraction of sp³-hybridized carbons (Fsp3) is 0.692. The molecular weight excluding hydrogens is 214 g/mol. The first-order valence-corrected chi connectivity index (χ1v) is 6.31. The van der Waals surface area contributed by atoms with Gasteiger partial charge in [0.1, 0.15) is 0 Å². The number of anilines is 1. The lowest BCUT2D eigenvalue weighted by Crippen LogP contribution is -2.45. The maximum Gasteiger partial charge on any atom is 0.223 e. The number of aliphatic hydroxyl groups excluding tert-OH is 1. The first-order chi connectivity index (χ1) is 8.13. The van der Waals surface area contributed by atoms with Crippen LogP contribution in [-0.4, -0.2) is 27.2 Å². The van der Waals surface area contributed by atoms with Crippen LogP contribution in [0.3, 0.4) is 0 Å². The quantitative estimate of drug-likeness (QED) is 0.842. The Labute approximate surface area is 102 Å². The monoisotopic (exact) mass is 235 g/mol. The highest BCUT2D eigenvalue weighted by molar-refractivity contribution is 5.30. The van der Waals surface area contributed by atoms with E-state index in [2.05, 4.69) is 22.2 Å². The van der Waals surface area contributed by atoms with Crippen molar-refractivity contribution in [3.63, 3.8) is 0 Å². The van der Waals surface area contributed by atoms with Gasteiger partial charge in [0.2, 0.25) is 5.95 Å². The number of hydrogen-bond donors (Lipinski definition) is 2. The lowest BCUT2D eigenvalue weighted by Gasteiger charge is -2.38. The molecule has 1 fully saturated rings. The Morgan fingerprint density at radius 2 is 1.94 bits per heavy atom. The fourth-order valence-electron chi connectivity index (χ4n) is 2.33. The summed E-state index contributed by atoms with van der Waals surface area (Å²) in [6.45, 7) is 4.38. The standard InChI is InChI=1S/C13H21N3O/c1-10-3-5-13(9-17,6-4-10)16-12-14-7-11(2)8-15-12/h7-8,10,17H,3-6,9H2,1-2H3,(H,14,15,16). The minimum Gasteiger partial charge on any atom is -0.394 e. The molecule has 4 heteroatoms. The molecule has 0 aromatic carbocycles. The van der Waals surface area contributed by atoms with Crippen molar-refractivity contribution in [1.82, 2.24) is 9.97 Å². The highest BCUT2D eigenvalue weighted by Gasteiger charge is 2.34. The van der Waals surface area contributed by atoms with Gasteiger partial charge in [0.15, 0.2) is 0 Å². The van der Waals surface area contributed by atoms with Crippen molar-refractivity contribution in [2.24, 2.45) is 5.92 Å². The zero-order valence-corrected chi connectivity index (χ0v) is 10.6. The molecule has 1 aliphatic rings. The van der Waals surface area contributed by atoms with Crippen LogP contribution in [0.4, 0.5) is 5.95 Å². The van der Waals surface area contributed by atoms with E-state index < -0.39 is 0 Å². The van der Waals surface area contributed by atoms with Crippen molar-refractivity contribution in [3.8, 4) is 0 Å². The van der Waals surface area contributed by atoms with Gasteiger partial charge in [-0.25, -0.2) is 9.97 Å². The van der Waals surface area contributed by atoms with Crippen molar-refractivity contribution in [3.05, 3.63) is 18.0 Å². The molecule has 4 nitrogen and oxygen atoms in total. The summed E-state index contributed by atoms with van der Waals surface area (Å²) >= 11 is 0. The second-order valence-electron chi connectivity index (χ2n) is 5.33. The van der Waals surface area contributed by atoms with E-state index in [4.69, 9.17) is 0 Å². The lowest BCUT2D eigenvalue weighted by atomic mass is 9.77. The third-order valence-corrected chi connectivity index (χ3v) is 3.69. The van der Waals surface area contributed by atoms with E-state index in [-0.39, 0.29) is 12.1 Å². The van der Waals surface area contributed by atoms with Crippen LogP contribution in [0.15, 0.2) is 12.4 Å². The Balaban J connectivity index is 2.06. The summed E-state index contributed by atoms with van der Waals surface area (Å²) in [5, 5.41) is 12.9. The van der Waals surface area contributed by atoms with E-state index >= 15 is 0 Å². The summed E-state index contributed by atoms with van der Waals surface area (Å²) in [4.78, 5) is 8.50. The third kappa shape index (κ3) is 2.94. The molecule has 94 valence electrons. The summed E-state index contributed by atoms with van der Waals surface area (Å²) in [6, 6.07) is 0. The van der Waals surface area contributed by atoms with E-state index in [9.17, 15) is 5.11 Å². The Kier molecular flexibility index (Phi) is 3.62. The maximum absolute atomic E-state index is 9.63. The molecule has 0 amide bonds. The third-order valence-electron chi connectivity index (χ3n) is 3.69. The molecule has 1 saturated carbocycles. The number of aromatic nitrogens is 2. The average molecular weight is 235 g/mol. The molecule has 2 rings (SSSR count). The van der Waals surface area contributed by atoms with Crippen molar-refractivity contribution in [1.29, 1.82) is 0 Å². The number of rotatable bonds is 3. The Morgan fingerprint density at radius 3 is 2.47 bits per heavy atom. The second kappa shape index (κ2) is 5.00. The van der Waals surface area contributed by atoms with Crippen molar-refractivity contribution < 1.29 is 5.11 Å². The van der Waals surface area contributed by atoms with E-state index in [1.54, 1.807) is 12.4 Å². The number of nitrogens with one attached hydrogen (secondary N) is 1. The molecule has 1 aliphatic carbocycles. The molecule has 0 atom stereocenters. The topological polar surface area (TPSA) is 58.0 Å². The molecule has 1 heterocycles. The largest absolute Gasteiger partial charge is 0.394 e. The molecule has 0 spiro atoms. The zero-order valence-electron chi connectivity index (χ0n) is 10.6. The summed E-state index contributed by atoms with van der Waals surface area (Å²) in [7, 11) is 0. The summed E-state index contributed by atoms with van der Waals surface area (Å²) < 4.78 is 0. The van der Waals surface area contributed by atoms with Gasteiger partial charge >= 0.3 is 0 Å². The molecule has 17 heavy (non-hydrogen) atoms. The van der Waals surface area contributed by atoms with Crippen LogP contribution in [-0.2, 0) is 0 Å². The van der Waals surface area contributed by atoms with E-state index in [0.29, 0.717) is 5.95 Å². The molecule has 0 bridgehead atoms. The number of aryl methyl sites for hydroxylation is 1. The Bertz CT molecular complexity index is 355. The molecule has 1 aromatic heterocycles. The van der Waals surface area contributed by atoms with Crippen LogP contribution in [0, 0.1) is 12.8 Å². The molecule has 0 aliphatic heterocycles. The average Bonchev–Trinajstić information content (AvgIpc) is 2.35. The van der Waals surface area contributed by atoms with Gasteiger partial charge < -0.3 is 10.4 Å². The zero-order chi connectivity index (χ0) is 12.3. The smallest absolute Gasteiger partial charge is 0.223 e. The SMILES string of the molecule is Cc1cnc(NC2(CO)CCC(C)CC2)nc1. The van der Waals surface area contributed by atoms with Crippen LogP contribution >= 0.6 is 0 Å². The van der Waals surface area contributed by atoms with Crippen molar-refractivity contribution in [2.75, 3.05) is 11.9 Å². The van der Waals surface area contributed by atoms with Crippen molar-refractivity contribution in [2.45, 2.75) is 45.1 Å². The number of hydrogen-bond acceptors (Lipinski definition) is 4. The van der Waals surface area contributed by atoms with Gasteiger partial charge in [-0.3, -0.25) is 0 Å². The highest BCUT2D eigenvalue weighted by atomic mass is 16.3. The van der Waals surface area contributed by atoms with Crippen LogP contribution in [0.5, 0.6) is 0 Å². The fourth-order valence-corrected chi connectivity index (χ4v) is 2.33. The number of aliphatic hydroxyl groups is 1. The molecular formula is C13H21N3O.